The van der Waals surface area contributed by atoms with Crippen LogP contribution < -0.4 is 0 Å². The second-order valence-electron chi connectivity index (χ2n) is 6.82. The predicted molar refractivity (Wildman–Crippen MR) is 87.0 cm³/mol. The zero-order valence-electron chi connectivity index (χ0n) is 13.0. The van der Waals surface area contributed by atoms with E-state index in [9.17, 15) is 9.90 Å². The van der Waals surface area contributed by atoms with Crippen LogP contribution in [0, 0.1) is 11.3 Å². The van der Waals surface area contributed by atoms with Crippen LogP contribution >= 0.6 is 11.6 Å². The van der Waals surface area contributed by atoms with Crippen molar-refractivity contribution in [2.75, 3.05) is 33.2 Å². The number of carboxylic acids is 1. The molecule has 2 aliphatic heterocycles. The smallest absolute Gasteiger partial charge is 0.308 e. The lowest BCUT2D eigenvalue weighted by atomic mass is 9.71. The SMILES string of the molecule is CN1CCC2(CC1)CN(Cc1ccccc1Cl)C[C@H]2C(=O)O. The van der Waals surface area contributed by atoms with Gasteiger partial charge in [0.15, 0.2) is 0 Å². The molecular formula is C17H23ClN2O2. The normalized spacial score (nSPS) is 25.6. The molecule has 2 heterocycles. The molecule has 2 saturated heterocycles. The molecular weight excluding hydrogens is 300 g/mol. The molecule has 0 bridgehead atoms. The van der Waals surface area contributed by atoms with Gasteiger partial charge in [0, 0.05) is 30.1 Å². The second-order valence-corrected chi connectivity index (χ2v) is 7.22. The first kappa shape index (κ1) is 15.8. The molecule has 1 spiro atoms. The van der Waals surface area contributed by atoms with Crippen molar-refractivity contribution in [2.45, 2.75) is 19.4 Å². The van der Waals surface area contributed by atoms with Crippen molar-refractivity contribution in [3.63, 3.8) is 0 Å². The van der Waals surface area contributed by atoms with Gasteiger partial charge in [0.25, 0.3) is 0 Å². The Morgan fingerprint density at radius 3 is 2.68 bits per heavy atom. The molecule has 3 rings (SSSR count). The molecule has 1 N–H and O–H groups in total. The maximum absolute atomic E-state index is 11.8. The summed E-state index contributed by atoms with van der Waals surface area (Å²) < 4.78 is 0. The fourth-order valence-corrected chi connectivity index (χ4v) is 4.17. The van der Waals surface area contributed by atoms with E-state index >= 15 is 0 Å². The molecule has 0 radical (unpaired) electrons. The molecule has 1 aromatic rings. The van der Waals surface area contributed by atoms with E-state index in [0.717, 1.165) is 49.6 Å². The summed E-state index contributed by atoms with van der Waals surface area (Å²) in [5.41, 5.74) is 1.01. The van der Waals surface area contributed by atoms with Gasteiger partial charge in [0.2, 0.25) is 0 Å². The van der Waals surface area contributed by atoms with Gasteiger partial charge < -0.3 is 10.0 Å². The van der Waals surface area contributed by atoms with Crippen molar-refractivity contribution in [1.29, 1.82) is 0 Å². The summed E-state index contributed by atoms with van der Waals surface area (Å²) in [6.45, 7) is 4.21. The van der Waals surface area contributed by atoms with Crippen molar-refractivity contribution in [2.24, 2.45) is 11.3 Å². The number of hydrogen-bond donors (Lipinski definition) is 1. The minimum atomic E-state index is -0.647. The number of benzene rings is 1. The number of hydrogen-bond acceptors (Lipinski definition) is 3. The Balaban J connectivity index is 1.76. The Bertz CT molecular complexity index is 555. The van der Waals surface area contributed by atoms with Gasteiger partial charge in [-0.2, -0.15) is 0 Å². The van der Waals surface area contributed by atoms with E-state index in [2.05, 4.69) is 16.8 Å². The lowest BCUT2D eigenvalue weighted by molar-refractivity contribution is -0.145. The lowest BCUT2D eigenvalue weighted by Gasteiger charge is -2.40. The monoisotopic (exact) mass is 322 g/mol. The third kappa shape index (κ3) is 3.00. The highest BCUT2D eigenvalue weighted by atomic mass is 35.5. The number of carbonyl (C=O) groups is 1. The fourth-order valence-electron chi connectivity index (χ4n) is 3.97. The number of rotatable bonds is 3. The summed E-state index contributed by atoms with van der Waals surface area (Å²) in [6.07, 6.45) is 1.94. The molecule has 22 heavy (non-hydrogen) atoms. The molecule has 0 aliphatic carbocycles. The number of aliphatic carboxylic acids is 1. The summed E-state index contributed by atoms with van der Waals surface area (Å²) in [4.78, 5) is 16.3. The molecule has 2 aliphatic rings. The van der Waals surface area contributed by atoms with E-state index in [0.29, 0.717) is 6.54 Å². The second kappa shape index (κ2) is 6.19. The predicted octanol–water partition coefficient (Wildman–Crippen LogP) is 2.57. The number of piperidine rings is 1. The highest BCUT2D eigenvalue weighted by Crippen LogP contribution is 2.45. The highest BCUT2D eigenvalue weighted by Gasteiger charge is 2.50. The van der Waals surface area contributed by atoms with Crippen LogP contribution in [-0.4, -0.2) is 54.1 Å². The van der Waals surface area contributed by atoms with Crippen LogP contribution in [0.25, 0.3) is 0 Å². The van der Waals surface area contributed by atoms with Crippen molar-refractivity contribution in [3.8, 4) is 0 Å². The van der Waals surface area contributed by atoms with Crippen LogP contribution in [-0.2, 0) is 11.3 Å². The van der Waals surface area contributed by atoms with E-state index in [1.807, 2.05) is 24.3 Å². The first-order valence-electron chi connectivity index (χ1n) is 7.87. The third-order valence-corrected chi connectivity index (χ3v) is 5.72. The van der Waals surface area contributed by atoms with Crippen LogP contribution in [0.5, 0.6) is 0 Å². The lowest BCUT2D eigenvalue weighted by Crippen LogP contribution is -2.44. The van der Waals surface area contributed by atoms with Crippen molar-refractivity contribution >= 4 is 17.6 Å². The number of carboxylic acid groups (broad SMARTS) is 1. The van der Waals surface area contributed by atoms with Gasteiger partial charge in [0.05, 0.1) is 5.92 Å². The Hall–Kier alpha value is -1.10. The molecule has 0 aromatic heterocycles. The maximum atomic E-state index is 11.8. The maximum Gasteiger partial charge on any atom is 0.308 e. The van der Waals surface area contributed by atoms with E-state index in [1.54, 1.807) is 0 Å². The van der Waals surface area contributed by atoms with E-state index in [4.69, 9.17) is 11.6 Å². The summed E-state index contributed by atoms with van der Waals surface area (Å²) in [6, 6.07) is 7.83. The Morgan fingerprint density at radius 2 is 2.05 bits per heavy atom. The van der Waals surface area contributed by atoms with Crippen molar-refractivity contribution < 1.29 is 9.90 Å². The quantitative estimate of drug-likeness (QED) is 0.929. The first-order valence-corrected chi connectivity index (χ1v) is 8.25. The van der Waals surface area contributed by atoms with Crippen LogP contribution in [0.3, 0.4) is 0 Å². The molecule has 0 saturated carbocycles. The first-order chi connectivity index (χ1) is 10.5. The minimum Gasteiger partial charge on any atom is -0.481 e. The Kier molecular flexibility index (Phi) is 4.44. The zero-order valence-corrected chi connectivity index (χ0v) is 13.7. The summed E-state index contributed by atoms with van der Waals surface area (Å²) >= 11 is 6.25. The minimum absolute atomic E-state index is 0.0698. The van der Waals surface area contributed by atoms with Gasteiger partial charge >= 0.3 is 5.97 Å². The molecule has 0 unspecified atom stereocenters. The summed E-state index contributed by atoms with van der Waals surface area (Å²) in [5.74, 6) is -0.908. The number of halogens is 1. The van der Waals surface area contributed by atoms with E-state index < -0.39 is 5.97 Å². The molecule has 5 heteroatoms. The van der Waals surface area contributed by atoms with Gasteiger partial charge in [-0.3, -0.25) is 9.69 Å². The Labute approximate surface area is 136 Å². The Morgan fingerprint density at radius 1 is 1.36 bits per heavy atom. The molecule has 1 aromatic carbocycles. The average molecular weight is 323 g/mol. The number of likely N-dealkylation sites (tertiary alicyclic amines) is 2. The van der Waals surface area contributed by atoms with Crippen LogP contribution in [0.1, 0.15) is 18.4 Å². The van der Waals surface area contributed by atoms with Gasteiger partial charge in [0.1, 0.15) is 0 Å². The summed E-state index contributed by atoms with van der Waals surface area (Å²) in [7, 11) is 2.11. The van der Waals surface area contributed by atoms with Crippen LogP contribution in [0.2, 0.25) is 5.02 Å². The molecule has 0 amide bonds. The van der Waals surface area contributed by atoms with Crippen molar-refractivity contribution in [3.05, 3.63) is 34.9 Å². The fraction of sp³-hybridized carbons (Fsp3) is 0.588. The summed E-state index contributed by atoms with van der Waals surface area (Å²) in [5, 5.41) is 10.4. The van der Waals surface area contributed by atoms with E-state index in [-0.39, 0.29) is 11.3 Å². The molecule has 2 fully saturated rings. The van der Waals surface area contributed by atoms with E-state index in [1.165, 1.54) is 0 Å². The van der Waals surface area contributed by atoms with Gasteiger partial charge in [-0.15, -0.1) is 0 Å². The molecule has 4 nitrogen and oxygen atoms in total. The third-order valence-electron chi connectivity index (χ3n) is 5.35. The van der Waals surface area contributed by atoms with Gasteiger partial charge in [-0.25, -0.2) is 0 Å². The van der Waals surface area contributed by atoms with Crippen LogP contribution in [0.15, 0.2) is 24.3 Å². The zero-order chi connectivity index (χ0) is 15.7. The topological polar surface area (TPSA) is 43.8 Å². The van der Waals surface area contributed by atoms with Gasteiger partial charge in [-0.1, -0.05) is 29.8 Å². The number of nitrogens with zero attached hydrogens (tertiary/aromatic N) is 2. The standard InChI is InChI=1S/C17H23ClN2O2/c1-19-8-6-17(7-9-19)12-20(11-14(17)16(21)22)10-13-4-2-3-5-15(13)18/h2-5,14H,6-12H2,1H3,(H,21,22)/t14-/m0/s1. The highest BCUT2D eigenvalue weighted by molar-refractivity contribution is 6.31. The molecule has 120 valence electrons. The average Bonchev–Trinajstić information content (AvgIpc) is 2.84. The van der Waals surface area contributed by atoms with Crippen molar-refractivity contribution in [1.82, 2.24) is 9.80 Å². The van der Waals surface area contributed by atoms with Crippen LogP contribution in [0.4, 0.5) is 0 Å². The largest absolute Gasteiger partial charge is 0.481 e. The van der Waals surface area contributed by atoms with Gasteiger partial charge in [-0.05, 0) is 44.6 Å². The molecule has 1 atom stereocenters.